The van der Waals surface area contributed by atoms with Crippen molar-refractivity contribution in [3.05, 3.63) is 37.0 Å². The fraction of sp³-hybridized carbons (Fsp3) is 0.667. The largest absolute Gasteiger partial charge is 0.103 e. The molecule has 18 heavy (non-hydrogen) atoms. The Balaban J connectivity index is 3.63. The highest BCUT2D eigenvalue weighted by atomic mass is 14.1. The molecule has 0 saturated carbocycles. The van der Waals surface area contributed by atoms with E-state index >= 15 is 0 Å². The van der Waals surface area contributed by atoms with Gasteiger partial charge in [-0.15, -0.1) is 6.58 Å². The molecule has 104 valence electrons. The third-order valence-electron chi connectivity index (χ3n) is 3.51. The maximum absolute atomic E-state index is 3.96. The van der Waals surface area contributed by atoms with Gasteiger partial charge in [0.1, 0.15) is 0 Å². The van der Waals surface area contributed by atoms with Crippen LogP contribution in [-0.4, -0.2) is 0 Å². The predicted molar refractivity (Wildman–Crippen MR) is 84.8 cm³/mol. The molecule has 0 aliphatic carbocycles. The van der Waals surface area contributed by atoms with Gasteiger partial charge in [-0.1, -0.05) is 57.6 Å². The van der Waals surface area contributed by atoms with Gasteiger partial charge in [0, 0.05) is 0 Å². The second-order valence-electron chi connectivity index (χ2n) is 5.25. The molecule has 0 spiro atoms. The van der Waals surface area contributed by atoms with Crippen LogP contribution >= 0.6 is 0 Å². The topological polar surface area (TPSA) is 0 Å². The minimum Gasteiger partial charge on any atom is -0.103 e. The van der Waals surface area contributed by atoms with Crippen molar-refractivity contribution in [2.75, 3.05) is 0 Å². The van der Waals surface area contributed by atoms with Gasteiger partial charge in [0.15, 0.2) is 0 Å². The first-order valence-corrected chi connectivity index (χ1v) is 7.67. The van der Waals surface area contributed by atoms with E-state index in [4.69, 9.17) is 0 Å². The van der Waals surface area contributed by atoms with Crippen molar-refractivity contribution < 1.29 is 0 Å². The summed E-state index contributed by atoms with van der Waals surface area (Å²) in [5, 5.41) is 0. The molecule has 0 fully saturated rings. The van der Waals surface area contributed by atoms with Crippen molar-refractivity contribution in [1.29, 1.82) is 0 Å². The van der Waals surface area contributed by atoms with Crippen LogP contribution in [0.15, 0.2) is 37.0 Å². The molecule has 0 nitrogen and oxygen atoms in total. The van der Waals surface area contributed by atoms with E-state index in [1.54, 1.807) is 0 Å². The van der Waals surface area contributed by atoms with Gasteiger partial charge < -0.3 is 0 Å². The van der Waals surface area contributed by atoms with Gasteiger partial charge in [-0.05, 0) is 50.4 Å². The lowest BCUT2D eigenvalue weighted by molar-refractivity contribution is 0.419. The lowest BCUT2D eigenvalue weighted by Crippen LogP contribution is -2.02. The smallest absolute Gasteiger partial charge is 0.0231 e. The van der Waals surface area contributed by atoms with E-state index in [-0.39, 0.29) is 0 Å². The number of allylic oxidation sites excluding steroid dienone is 5. The highest BCUT2D eigenvalue weighted by molar-refractivity contribution is 4.89. The summed E-state index contributed by atoms with van der Waals surface area (Å²) < 4.78 is 0. The molecule has 0 amide bonds. The standard InChI is InChI=1S/C18H32/c1-5-8-9-10-11-12-13-14-15-18(7-3)16-17(4)6-2/h7-9,12-13,17-18H,3,5-6,10-11,14-16H2,1-2,4H3/b9-8+,13-12-. The highest BCUT2D eigenvalue weighted by Crippen LogP contribution is 2.20. The molecule has 0 aliphatic rings. The molecule has 0 saturated heterocycles. The molecule has 2 unspecified atom stereocenters. The van der Waals surface area contributed by atoms with Gasteiger partial charge in [0.05, 0.1) is 0 Å². The van der Waals surface area contributed by atoms with Crippen molar-refractivity contribution in [2.24, 2.45) is 11.8 Å². The fourth-order valence-electron chi connectivity index (χ4n) is 2.04. The van der Waals surface area contributed by atoms with Crippen LogP contribution in [0.4, 0.5) is 0 Å². The summed E-state index contributed by atoms with van der Waals surface area (Å²) >= 11 is 0. The zero-order valence-corrected chi connectivity index (χ0v) is 12.7. The molecule has 0 aromatic carbocycles. The quantitative estimate of drug-likeness (QED) is 0.297. The van der Waals surface area contributed by atoms with Gasteiger partial charge in [-0.3, -0.25) is 0 Å². The summed E-state index contributed by atoms with van der Waals surface area (Å²) in [6, 6.07) is 0. The molecule has 0 aromatic rings. The number of unbranched alkanes of at least 4 members (excludes halogenated alkanes) is 1. The molecular weight excluding hydrogens is 216 g/mol. The lowest BCUT2D eigenvalue weighted by atomic mass is 9.90. The number of hydrogen-bond acceptors (Lipinski definition) is 0. The summed E-state index contributed by atoms with van der Waals surface area (Å²) in [5.41, 5.74) is 0. The molecule has 0 bridgehead atoms. The first-order chi connectivity index (χ1) is 8.74. The Morgan fingerprint density at radius 1 is 0.944 bits per heavy atom. The second-order valence-corrected chi connectivity index (χ2v) is 5.25. The molecule has 0 heteroatoms. The van der Waals surface area contributed by atoms with Crippen LogP contribution < -0.4 is 0 Å². The fourth-order valence-corrected chi connectivity index (χ4v) is 2.04. The molecule has 0 radical (unpaired) electrons. The van der Waals surface area contributed by atoms with Gasteiger partial charge in [0.2, 0.25) is 0 Å². The maximum atomic E-state index is 3.96. The van der Waals surface area contributed by atoms with Gasteiger partial charge in [-0.2, -0.15) is 0 Å². The van der Waals surface area contributed by atoms with Crippen molar-refractivity contribution in [3.63, 3.8) is 0 Å². The van der Waals surface area contributed by atoms with Crippen molar-refractivity contribution >= 4 is 0 Å². The molecule has 0 aliphatic heterocycles. The van der Waals surface area contributed by atoms with Crippen LogP contribution in [0.2, 0.25) is 0 Å². The first kappa shape index (κ1) is 17.2. The highest BCUT2D eigenvalue weighted by Gasteiger charge is 2.07. The Hall–Kier alpha value is -0.780. The second kappa shape index (κ2) is 12.7. The van der Waals surface area contributed by atoms with Crippen LogP contribution in [0, 0.1) is 11.8 Å². The van der Waals surface area contributed by atoms with Crippen LogP contribution in [-0.2, 0) is 0 Å². The van der Waals surface area contributed by atoms with Crippen molar-refractivity contribution in [2.45, 2.75) is 65.7 Å². The van der Waals surface area contributed by atoms with Crippen LogP contribution in [0.5, 0.6) is 0 Å². The van der Waals surface area contributed by atoms with E-state index in [0.717, 1.165) is 12.3 Å². The Labute approximate surface area is 115 Å². The number of hydrogen-bond donors (Lipinski definition) is 0. The summed E-state index contributed by atoms with van der Waals surface area (Å²) in [6.07, 6.45) is 19.9. The Morgan fingerprint density at radius 2 is 1.56 bits per heavy atom. The predicted octanol–water partition coefficient (Wildman–Crippen LogP) is 6.31. The average molecular weight is 248 g/mol. The minimum atomic E-state index is 0.699. The maximum Gasteiger partial charge on any atom is -0.0231 e. The normalized spacial score (nSPS) is 15.3. The van der Waals surface area contributed by atoms with Gasteiger partial charge in [0.25, 0.3) is 0 Å². The van der Waals surface area contributed by atoms with Gasteiger partial charge in [-0.25, -0.2) is 0 Å². The third-order valence-corrected chi connectivity index (χ3v) is 3.51. The van der Waals surface area contributed by atoms with E-state index in [9.17, 15) is 0 Å². The van der Waals surface area contributed by atoms with Crippen LogP contribution in [0.25, 0.3) is 0 Å². The van der Waals surface area contributed by atoms with Crippen LogP contribution in [0.3, 0.4) is 0 Å². The van der Waals surface area contributed by atoms with Crippen molar-refractivity contribution in [3.8, 4) is 0 Å². The summed E-state index contributed by atoms with van der Waals surface area (Å²) in [4.78, 5) is 0. The van der Waals surface area contributed by atoms with E-state index < -0.39 is 0 Å². The molecule has 0 rings (SSSR count). The first-order valence-electron chi connectivity index (χ1n) is 7.67. The van der Waals surface area contributed by atoms with E-state index in [1.807, 2.05) is 0 Å². The monoisotopic (exact) mass is 248 g/mol. The lowest BCUT2D eigenvalue weighted by Gasteiger charge is -2.15. The zero-order valence-electron chi connectivity index (χ0n) is 12.7. The Kier molecular flexibility index (Phi) is 12.1. The molecule has 0 aromatic heterocycles. The Bertz CT molecular complexity index is 234. The average Bonchev–Trinajstić information content (AvgIpc) is 2.40. The summed E-state index contributed by atoms with van der Waals surface area (Å²) in [6.45, 7) is 10.8. The Morgan fingerprint density at radius 3 is 2.11 bits per heavy atom. The number of rotatable bonds is 11. The minimum absolute atomic E-state index is 0.699. The van der Waals surface area contributed by atoms with Crippen LogP contribution in [0.1, 0.15) is 65.7 Å². The van der Waals surface area contributed by atoms with E-state index in [1.165, 1.54) is 38.5 Å². The van der Waals surface area contributed by atoms with Gasteiger partial charge >= 0.3 is 0 Å². The van der Waals surface area contributed by atoms with Crippen molar-refractivity contribution in [1.82, 2.24) is 0 Å². The summed E-state index contributed by atoms with van der Waals surface area (Å²) in [7, 11) is 0. The summed E-state index contributed by atoms with van der Waals surface area (Å²) in [5.74, 6) is 1.53. The van der Waals surface area contributed by atoms with E-state index in [2.05, 4.69) is 57.7 Å². The molecule has 0 heterocycles. The third kappa shape index (κ3) is 10.4. The molecule has 2 atom stereocenters. The molecular formula is C18H32. The SMILES string of the molecule is C=CC(CC/C=C\CC/C=C/CC)CC(C)CC. The zero-order chi connectivity index (χ0) is 13.6. The van der Waals surface area contributed by atoms with E-state index in [0.29, 0.717) is 5.92 Å². The molecule has 0 N–H and O–H groups in total.